The SMILES string of the molecule is COc1cc(C(=O)Br)ccc1O. The summed E-state index contributed by atoms with van der Waals surface area (Å²) in [5, 5.41) is 9.17. The van der Waals surface area contributed by atoms with E-state index in [1.54, 1.807) is 0 Å². The van der Waals surface area contributed by atoms with Crippen LogP contribution in [0.2, 0.25) is 0 Å². The van der Waals surface area contributed by atoms with E-state index in [-0.39, 0.29) is 10.4 Å². The highest BCUT2D eigenvalue weighted by molar-refractivity contribution is 9.18. The maximum absolute atomic E-state index is 10.8. The van der Waals surface area contributed by atoms with E-state index in [9.17, 15) is 4.79 Å². The van der Waals surface area contributed by atoms with Gasteiger partial charge in [-0.3, -0.25) is 4.79 Å². The first-order valence-electron chi connectivity index (χ1n) is 3.22. The highest BCUT2D eigenvalue weighted by atomic mass is 79.9. The highest BCUT2D eigenvalue weighted by Gasteiger charge is 2.05. The van der Waals surface area contributed by atoms with E-state index in [1.165, 1.54) is 25.3 Å². The predicted octanol–water partition coefficient (Wildman–Crippen LogP) is 1.94. The van der Waals surface area contributed by atoms with Crippen LogP contribution in [-0.4, -0.2) is 16.9 Å². The van der Waals surface area contributed by atoms with Crippen LogP contribution in [0, 0.1) is 0 Å². The number of phenolic OH excluding ortho intramolecular Hbond substituents is 1. The van der Waals surface area contributed by atoms with Gasteiger partial charge in [0.2, 0.25) is 4.69 Å². The Labute approximate surface area is 78.1 Å². The Hall–Kier alpha value is -1.03. The monoisotopic (exact) mass is 230 g/mol. The van der Waals surface area contributed by atoms with E-state index in [4.69, 9.17) is 9.84 Å². The van der Waals surface area contributed by atoms with Gasteiger partial charge in [0.1, 0.15) is 0 Å². The van der Waals surface area contributed by atoms with Gasteiger partial charge in [-0.1, -0.05) is 0 Å². The predicted molar refractivity (Wildman–Crippen MR) is 47.9 cm³/mol. The molecule has 0 spiro atoms. The van der Waals surface area contributed by atoms with Gasteiger partial charge in [-0.2, -0.15) is 0 Å². The lowest BCUT2D eigenvalue weighted by Crippen LogP contribution is -1.90. The fourth-order valence-corrected chi connectivity index (χ4v) is 1.05. The number of aromatic hydroxyl groups is 1. The van der Waals surface area contributed by atoms with E-state index in [1.807, 2.05) is 0 Å². The molecule has 0 heterocycles. The summed E-state index contributed by atoms with van der Waals surface area (Å²) < 4.78 is 4.58. The Morgan fingerprint density at radius 3 is 2.75 bits per heavy atom. The molecule has 0 aliphatic carbocycles. The molecule has 0 atom stereocenters. The lowest BCUT2D eigenvalue weighted by molar-refractivity contribution is 0.109. The van der Waals surface area contributed by atoms with Gasteiger partial charge in [0.15, 0.2) is 11.5 Å². The van der Waals surface area contributed by atoms with Crippen molar-refractivity contribution in [2.24, 2.45) is 0 Å². The van der Waals surface area contributed by atoms with Crippen LogP contribution in [0.4, 0.5) is 0 Å². The topological polar surface area (TPSA) is 46.5 Å². The number of methoxy groups -OCH3 is 1. The molecule has 4 heteroatoms. The molecule has 0 unspecified atom stereocenters. The second-order valence-corrected chi connectivity index (χ2v) is 2.88. The standard InChI is InChI=1S/C8H7BrO3/c1-12-7-4-5(8(9)11)2-3-6(7)10/h2-4,10H,1H3. The normalized spacial score (nSPS) is 9.50. The lowest BCUT2D eigenvalue weighted by atomic mass is 10.2. The molecule has 0 radical (unpaired) electrons. The zero-order valence-corrected chi connectivity index (χ0v) is 7.96. The van der Waals surface area contributed by atoms with Gasteiger partial charge >= 0.3 is 0 Å². The second kappa shape index (κ2) is 3.58. The van der Waals surface area contributed by atoms with Gasteiger partial charge in [0, 0.05) is 5.56 Å². The van der Waals surface area contributed by atoms with Crippen molar-refractivity contribution >= 4 is 20.6 Å². The molecule has 0 aliphatic heterocycles. The first kappa shape index (κ1) is 9.06. The smallest absolute Gasteiger partial charge is 0.228 e. The number of benzene rings is 1. The molecule has 1 aromatic carbocycles. The Kier molecular flexibility index (Phi) is 2.70. The van der Waals surface area contributed by atoms with Gasteiger partial charge < -0.3 is 9.84 Å². The van der Waals surface area contributed by atoms with Gasteiger partial charge in [-0.25, -0.2) is 0 Å². The molecule has 1 aromatic rings. The molecule has 0 fully saturated rings. The number of carbonyl (C=O) groups is 1. The fourth-order valence-electron chi connectivity index (χ4n) is 0.800. The number of hydrogen-bond donors (Lipinski definition) is 1. The quantitative estimate of drug-likeness (QED) is 0.791. The Morgan fingerprint density at radius 1 is 1.58 bits per heavy atom. The number of halogens is 1. The summed E-state index contributed by atoms with van der Waals surface area (Å²) in [7, 11) is 1.43. The van der Waals surface area contributed by atoms with Crippen LogP contribution in [0.3, 0.4) is 0 Å². The number of carbonyl (C=O) groups excluding carboxylic acids is 1. The van der Waals surface area contributed by atoms with Crippen molar-refractivity contribution < 1.29 is 14.6 Å². The Bertz CT molecular complexity index is 309. The summed E-state index contributed by atoms with van der Waals surface area (Å²) in [4.78, 5) is 10.8. The van der Waals surface area contributed by atoms with Crippen molar-refractivity contribution in [1.29, 1.82) is 0 Å². The van der Waals surface area contributed by atoms with E-state index in [0.29, 0.717) is 11.3 Å². The van der Waals surface area contributed by atoms with Gasteiger partial charge in [0.05, 0.1) is 7.11 Å². The van der Waals surface area contributed by atoms with Crippen molar-refractivity contribution in [2.75, 3.05) is 7.11 Å². The molecule has 64 valence electrons. The average Bonchev–Trinajstić information content (AvgIpc) is 2.05. The second-order valence-electron chi connectivity index (χ2n) is 2.16. The molecule has 0 bridgehead atoms. The largest absolute Gasteiger partial charge is 0.504 e. The van der Waals surface area contributed by atoms with E-state index < -0.39 is 0 Å². The van der Waals surface area contributed by atoms with E-state index in [0.717, 1.165) is 0 Å². The number of hydrogen-bond acceptors (Lipinski definition) is 3. The van der Waals surface area contributed by atoms with Gasteiger partial charge in [-0.15, -0.1) is 0 Å². The fraction of sp³-hybridized carbons (Fsp3) is 0.125. The number of rotatable bonds is 2. The van der Waals surface area contributed by atoms with Crippen molar-refractivity contribution in [1.82, 2.24) is 0 Å². The first-order chi connectivity index (χ1) is 5.65. The lowest BCUT2D eigenvalue weighted by Gasteiger charge is -2.03. The summed E-state index contributed by atoms with van der Waals surface area (Å²) >= 11 is 2.79. The van der Waals surface area contributed by atoms with Crippen molar-refractivity contribution in [2.45, 2.75) is 0 Å². The van der Waals surface area contributed by atoms with Crippen LogP contribution in [0.25, 0.3) is 0 Å². The summed E-state index contributed by atoms with van der Waals surface area (Å²) in [6.45, 7) is 0. The third-order valence-electron chi connectivity index (χ3n) is 1.41. The molecule has 0 saturated heterocycles. The summed E-state index contributed by atoms with van der Waals surface area (Å²) in [5.41, 5.74) is 0.449. The summed E-state index contributed by atoms with van der Waals surface area (Å²) in [6, 6.07) is 4.38. The average molecular weight is 231 g/mol. The Morgan fingerprint density at radius 2 is 2.25 bits per heavy atom. The molecule has 0 aliphatic rings. The van der Waals surface area contributed by atoms with Crippen molar-refractivity contribution in [3.05, 3.63) is 23.8 Å². The minimum Gasteiger partial charge on any atom is -0.504 e. The molecule has 0 saturated carbocycles. The van der Waals surface area contributed by atoms with Crippen LogP contribution in [0.5, 0.6) is 11.5 Å². The van der Waals surface area contributed by atoms with Crippen molar-refractivity contribution in [3.63, 3.8) is 0 Å². The third kappa shape index (κ3) is 1.76. The van der Waals surface area contributed by atoms with Gasteiger partial charge in [-0.05, 0) is 34.1 Å². The molecule has 1 rings (SSSR count). The maximum atomic E-state index is 10.8. The summed E-state index contributed by atoms with van der Waals surface area (Å²) in [5.74, 6) is 0.315. The molecule has 0 aromatic heterocycles. The maximum Gasteiger partial charge on any atom is 0.228 e. The minimum atomic E-state index is -0.235. The van der Waals surface area contributed by atoms with Crippen LogP contribution in [0.15, 0.2) is 18.2 Å². The molecular formula is C8H7BrO3. The Balaban J connectivity index is 3.13. The van der Waals surface area contributed by atoms with Crippen LogP contribution < -0.4 is 4.74 Å². The highest BCUT2D eigenvalue weighted by Crippen LogP contribution is 2.26. The number of ether oxygens (including phenoxy) is 1. The zero-order chi connectivity index (χ0) is 9.14. The van der Waals surface area contributed by atoms with Crippen LogP contribution in [0.1, 0.15) is 10.4 Å². The molecule has 1 N–H and O–H groups in total. The molecular weight excluding hydrogens is 224 g/mol. The van der Waals surface area contributed by atoms with E-state index >= 15 is 0 Å². The minimum absolute atomic E-state index is 0.0231. The zero-order valence-electron chi connectivity index (χ0n) is 6.37. The van der Waals surface area contributed by atoms with E-state index in [2.05, 4.69) is 15.9 Å². The van der Waals surface area contributed by atoms with Gasteiger partial charge in [0.25, 0.3) is 0 Å². The van der Waals surface area contributed by atoms with Crippen LogP contribution in [-0.2, 0) is 0 Å². The molecule has 0 amide bonds. The molecule has 3 nitrogen and oxygen atoms in total. The third-order valence-corrected chi connectivity index (χ3v) is 1.86. The van der Waals surface area contributed by atoms with Crippen LogP contribution >= 0.6 is 15.9 Å². The summed E-state index contributed by atoms with van der Waals surface area (Å²) in [6.07, 6.45) is 0. The number of phenols is 1. The first-order valence-corrected chi connectivity index (χ1v) is 4.01. The van der Waals surface area contributed by atoms with Crippen molar-refractivity contribution in [3.8, 4) is 11.5 Å². The molecule has 12 heavy (non-hydrogen) atoms.